The molecule has 0 heterocycles. The average Bonchev–Trinajstić information content (AvgIpc) is 3.63. The Balaban J connectivity index is 1.42. The maximum Gasteiger partial charge on any atom is 0.306 e. The van der Waals surface area contributed by atoms with E-state index in [0.717, 1.165) is 24.0 Å². The third-order valence-electron chi connectivity index (χ3n) is 5.26. The van der Waals surface area contributed by atoms with E-state index in [2.05, 4.69) is 11.4 Å². The normalized spacial score (nSPS) is 14.8. The van der Waals surface area contributed by atoms with Crippen LogP contribution in [0.1, 0.15) is 43.0 Å². The number of carbonyl (C=O) groups excluding carboxylic acids is 3. The summed E-state index contributed by atoms with van der Waals surface area (Å²) in [4.78, 5) is 36.2. The lowest BCUT2D eigenvalue weighted by atomic mass is 9.98. The van der Waals surface area contributed by atoms with Crippen LogP contribution < -0.4 is 5.32 Å². The van der Waals surface area contributed by atoms with Crippen molar-refractivity contribution in [1.82, 2.24) is 5.32 Å². The molecule has 1 amide bonds. The fraction of sp³-hybridized carbons (Fsp3) is 0.333. The van der Waals surface area contributed by atoms with Crippen LogP contribution in [-0.4, -0.2) is 29.8 Å². The van der Waals surface area contributed by atoms with E-state index in [4.69, 9.17) is 4.74 Å². The molecule has 0 aliphatic heterocycles. The second kappa shape index (κ2) is 9.36. The van der Waals surface area contributed by atoms with Gasteiger partial charge in [0.25, 0.3) is 5.91 Å². The van der Waals surface area contributed by atoms with Crippen molar-refractivity contribution in [2.45, 2.75) is 38.1 Å². The lowest BCUT2D eigenvalue weighted by Crippen LogP contribution is -2.48. The van der Waals surface area contributed by atoms with Gasteiger partial charge in [0.1, 0.15) is 5.54 Å². The quantitative estimate of drug-likeness (QED) is 0.508. The van der Waals surface area contributed by atoms with Gasteiger partial charge in [0.2, 0.25) is 0 Å². The summed E-state index contributed by atoms with van der Waals surface area (Å²) in [6.07, 6.45) is 1.70. The molecule has 6 heteroatoms. The zero-order chi connectivity index (χ0) is 21.6. The van der Waals surface area contributed by atoms with Crippen molar-refractivity contribution in [1.29, 1.82) is 5.26 Å². The highest BCUT2D eigenvalue weighted by Crippen LogP contribution is 2.39. The van der Waals surface area contributed by atoms with E-state index in [1.807, 2.05) is 42.5 Å². The third-order valence-corrected chi connectivity index (χ3v) is 5.26. The molecule has 0 aromatic heterocycles. The van der Waals surface area contributed by atoms with E-state index in [1.165, 1.54) is 0 Å². The number of nitriles is 1. The number of esters is 1. The van der Waals surface area contributed by atoms with Crippen molar-refractivity contribution in [2.24, 2.45) is 5.92 Å². The molecule has 1 fully saturated rings. The van der Waals surface area contributed by atoms with Gasteiger partial charge in [-0.25, -0.2) is 0 Å². The zero-order valence-corrected chi connectivity index (χ0v) is 16.9. The molecule has 2 aromatic rings. The lowest BCUT2D eigenvalue weighted by molar-refractivity contribution is -0.148. The Bertz CT molecular complexity index is 959. The van der Waals surface area contributed by atoms with Crippen molar-refractivity contribution >= 4 is 17.7 Å². The van der Waals surface area contributed by atoms with Gasteiger partial charge in [-0.2, -0.15) is 5.26 Å². The van der Waals surface area contributed by atoms with Crippen LogP contribution in [0.5, 0.6) is 0 Å². The van der Waals surface area contributed by atoms with Crippen molar-refractivity contribution < 1.29 is 19.1 Å². The lowest BCUT2D eigenvalue weighted by Gasteiger charge is -2.22. The molecule has 0 saturated heterocycles. The van der Waals surface area contributed by atoms with Crippen LogP contribution in [0.25, 0.3) is 11.1 Å². The maximum absolute atomic E-state index is 12.3. The standard InChI is InChI=1S/C24H24N2O4/c1-24(16-25,20-11-12-20)26-22(28)15-30-23(29)14-13-21(27)19-9-7-18(8-10-19)17-5-3-2-4-6-17/h2-10,20H,11-15H2,1H3,(H,26,28)/t24-/m0/s1. The van der Waals surface area contributed by atoms with Crippen molar-refractivity contribution in [3.05, 3.63) is 60.2 Å². The monoisotopic (exact) mass is 404 g/mol. The van der Waals surface area contributed by atoms with Gasteiger partial charge in [0.05, 0.1) is 12.5 Å². The molecular formula is C24H24N2O4. The van der Waals surface area contributed by atoms with Crippen LogP contribution in [0.4, 0.5) is 0 Å². The first-order valence-corrected chi connectivity index (χ1v) is 9.98. The highest BCUT2D eigenvalue weighted by atomic mass is 16.5. The number of hydrogen-bond acceptors (Lipinski definition) is 5. The predicted octanol–water partition coefficient (Wildman–Crippen LogP) is 3.67. The largest absolute Gasteiger partial charge is 0.456 e. The number of hydrogen-bond donors (Lipinski definition) is 1. The van der Waals surface area contributed by atoms with Gasteiger partial charge in [-0.1, -0.05) is 54.6 Å². The Morgan fingerprint density at radius 3 is 2.27 bits per heavy atom. The number of amides is 1. The topological polar surface area (TPSA) is 96.3 Å². The van der Waals surface area contributed by atoms with Gasteiger partial charge >= 0.3 is 5.97 Å². The number of Topliss-reactive ketones (excluding diaryl/α,β-unsaturated/α-hetero) is 1. The summed E-state index contributed by atoms with van der Waals surface area (Å²) in [5, 5.41) is 11.9. The Morgan fingerprint density at radius 2 is 1.67 bits per heavy atom. The predicted molar refractivity (Wildman–Crippen MR) is 111 cm³/mol. The minimum Gasteiger partial charge on any atom is -0.456 e. The van der Waals surface area contributed by atoms with Crippen LogP contribution in [0.3, 0.4) is 0 Å². The molecule has 3 rings (SSSR count). The molecule has 0 spiro atoms. The van der Waals surface area contributed by atoms with E-state index in [-0.39, 0.29) is 24.5 Å². The van der Waals surface area contributed by atoms with E-state index < -0.39 is 24.0 Å². The summed E-state index contributed by atoms with van der Waals surface area (Å²) in [7, 11) is 0. The van der Waals surface area contributed by atoms with Crippen molar-refractivity contribution in [3.8, 4) is 17.2 Å². The average molecular weight is 404 g/mol. The number of nitrogens with one attached hydrogen (secondary N) is 1. The molecule has 1 N–H and O–H groups in total. The van der Waals surface area contributed by atoms with Crippen LogP contribution in [0.2, 0.25) is 0 Å². The van der Waals surface area contributed by atoms with Gasteiger partial charge in [0, 0.05) is 12.0 Å². The fourth-order valence-corrected chi connectivity index (χ4v) is 3.27. The molecular weight excluding hydrogens is 380 g/mol. The maximum atomic E-state index is 12.3. The Kier molecular flexibility index (Phi) is 6.63. The first-order chi connectivity index (χ1) is 14.4. The van der Waals surface area contributed by atoms with Crippen LogP contribution >= 0.6 is 0 Å². The summed E-state index contributed by atoms with van der Waals surface area (Å²) in [6, 6.07) is 19.2. The third kappa shape index (κ3) is 5.54. The summed E-state index contributed by atoms with van der Waals surface area (Å²) < 4.78 is 4.94. The second-order valence-electron chi connectivity index (χ2n) is 7.66. The number of nitrogens with zero attached hydrogens (tertiary/aromatic N) is 1. The fourth-order valence-electron chi connectivity index (χ4n) is 3.27. The Hall–Kier alpha value is -3.46. The number of ether oxygens (including phenoxy) is 1. The van der Waals surface area contributed by atoms with Gasteiger partial charge in [-0.05, 0) is 36.8 Å². The molecule has 2 aromatic carbocycles. The zero-order valence-electron chi connectivity index (χ0n) is 16.9. The van der Waals surface area contributed by atoms with Crippen LogP contribution in [-0.2, 0) is 14.3 Å². The van der Waals surface area contributed by atoms with E-state index in [1.54, 1.807) is 19.1 Å². The molecule has 1 atom stereocenters. The second-order valence-corrected chi connectivity index (χ2v) is 7.66. The van der Waals surface area contributed by atoms with Gasteiger partial charge < -0.3 is 10.1 Å². The van der Waals surface area contributed by atoms with E-state index in [0.29, 0.717) is 5.56 Å². The van der Waals surface area contributed by atoms with E-state index in [9.17, 15) is 19.6 Å². The van der Waals surface area contributed by atoms with Crippen LogP contribution in [0.15, 0.2) is 54.6 Å². The SMILES string of the molecule is C[C@@](C#N)(NC(=O)COC(=O)CCC(=O)c1ccc(-c2ccccc2)cc1)C1CC1. The summed E-state index contributed by atoms with van der Waals surface area (Å²) in [5.74, 6) is -1.15. The first kappa shape index (κ1) is 21.3. The molecule has 6 nitrogen and oxygen atoms in total. The summed E-state index contributed by atoms with van der Waals surface area (Å²) in [6.45, 7) is 1.22. The molecule has 1 aliphatic carbocycles. The minimum atomic E-state index is -0.925. The molecule has 1 aliphatic rings. The molecule has 30 heavy (non-hydrogen) atoms. The number of rotatable bonds is 9. The number of benzene rings is 2. The molecule has 154 valence electrons. The Morgan fingerprint density at radius 1 is 1.03 bits per heavy atom. The first-order valence-electron chi connectivity index (χ1n) is 9.98. The molecule has 1 saturated carbocycles. The molecule has 0 bridgehead atoms. The molecule has 0 radical (unpaired) electrons. The van der Waals surface area contributed by atoms with Crippen molar-refractivity contribution in [2.75, 3.05) is 6.61 Å². The highest BCUT2D eigenvalue weighted by Gasteiger charge is 2.43. The number of ketones is 1. The van der Waals surface area contributed by atoms with Crippen LogP contribution in [0, 0.1) is 17.2 Å². The minimum absolute atomic E-state index is 0.00310. The summed E-state index contributed by atoms with van der Waals surface area (Å²) in [5.41, 5.74) is 1.67. The molecule has 0 unspecified atom stereocenters. The van der Waals surface area contributed by atoms with Gasteiger partial charge in [-0.3, -0.25) is 14.4 Å². The summed E-state index contributed by atoms with van der Waals surface area (Å²) >= 11 is 0. The highest BCUT2D eigenvalue weighted by molar-refractivity contribution is 5.98. The van der Waals surface area contributed by atoms with Crippen molar-refractivity contribution in [3.63, 3.8) is 0 Å². The van der Waals surface area contributed by atoms with E-state index >= 15 is 0 Å². The smallest absolute Gasteiger partial charge is 0.306 e. The number of carbonyl (C=O) groups is 3. The van der Waals surface area contributed by atoms with Gasteiger partial charge in [-0.15, -0.1) is 0 Å². The van der Waals surface area contributed by atoms with Gasteiger partial charge in [0.15, 0.2) is 12.4 Å². The Labute approximate surface area is 175 Å².